The van der Waals surface area contributed by atoms with Crippen molar-refractivity contribution in [1.29, 1.82) is 0 Å². The zero-order valence-corrected chi connectivity index (χ0v) is 8.73. The van der Waals surface area contributed by atoms with E-state index in [4.69, 9.17) is 10.5 Å². The van der Waals surface area contributed by atoms with Gasteiger partial charge in [-0.2, -0.15) is 0 Å². The summed E-state index contributed by atoms with van der Waals surface area (Å²) < 4.78 is 9.90. The second kappa shape index (κ2) is 5.90. The molecule has 0 atom stereocenters. The van der Waals surface area contributed by atoms with Crippen LogP contribution in [0.5, 0.6) is 5.75 Å². The van der Waals surface area contributed by atoms with E-state index in [-0.39, 0.29) is 5.97 Å². The Morgan fingerprint density at radius 2 is 2.00 bits per heavy atom. The Morgan fingerprint density at radius 1 is 1.33 bits per heavy atom. The molecule has 4 heteroatoms. The van der Waals surface area contributed by atoms with E-state index in [1.54, 1.807) is 24.3 Å². The van der Waals surface area contributed by atoms with Gasteiger partial charge in [-0.3, -0.25) is 4.79 Å². The van der Waals surface area contributed by atoms with Crippen LogP contribution >= 0.6 is 0 Å². The van der Waals surface area contributed by atoms with Gasteiger partial charge in [-0.1, -0.05) is 0 Å². The highest BCUT2D eigenvalue weighted by Gasteiger charge is 1.99. The number of benzene rings is 1. The summed E-state index contributed by atoms with van der Waals surface area (Å²) in [5, 5.41) is 0. The molecule has 2 N–H and O–H groups in total. The average Bonchev–Trinajstić information content (AvgIpc) is 2.26. The van der Waals surface area contributed by atoms with E-state index in [1.165, 1.54) is 7.11 Å². The van der Waals surface area contributed by atoms with Gasteiger partial charge in [0.05, 0.1) is 13.7 Å². The molecule has 82 valence electrons. The third-order valence-corrected chi connectivity index (χ3v) is 1.90. The third-order valence-electron chi connectivity index (χ3n) is 1.90. The van der Waals surface area contributed by atoms with Crippen molar-refractivity contribution in [3.05, 3.63) is 24.3 Å². The zero-order valence-electron chi connectivity index (χ0n) is 8.73. The Bertz CT molecular complexity index is 308. The van der Waals surface area contributed by atoms with Gasteiger partial charge in [0.1, 0.15) is 5.75 Å². The van der Waals surface area contributed by atoms with Crippen molar-refractivity contribution in [2.24, 2.45) is 0 Å². The number of nitrogens with two attached hydrogens (primary N) is 1. The SMILES string of the molecule is COC(=O)CCCOc1ccc(N)cc1. The zero-order chi connectivity index (χ0) is 11.1. The molecule has 1 rings (SSSR count). The molecule has 0 spiro atoms. The molecule has 4 nitrogen and oxygen atoms in total. The molecule has 1 aromatic carbocycles. The van der Waals surface area contributed by atoms with Gasteiger partial charge >= 0.3 is 5.97 Å². The minimum atomic E-state index is -0.212. The van der Waals surface area contributed by atoms with Crippen LogP contribution in [-0.4, -0.2) is 19.7 Å². The number of nitrogen functional groups attached to an aromatic ring is 1. The van der Waals surface area contributed by atoms with Gasteiger partial charge < -0.3 is 15.2 Å². The summed E-state index contributed by atoms with van der Waals surface area (Å²) in [6.45, 7) is 0.499. The number of methoxy groups -OCH3 is 1. The predicted octanol–water partition coefficient (Wildman–Crippen LogP) is 1.60. The number of carbonyl (C=O) groups excluding carboxylic acids is 1. The molecule has 0 saturated heterocycles. The molecule has 0 amide bonds. The van der Waals surface area contributed by atoms with Crippen molar-refractivity contribution in [2.45, 2.75) is 12.8 Å². The minimum Gasteiger partial charge on any atom is -0.494 e. The Morgan fingerprint density at radius 3 is 2.60 bits per heavy atom. The Labute approximate surface area is 89.0 Å². The lowest BCUT2D eigenvalue weighted by Gasteiger charge is -2.05. The average molecular weight is 209 g/mol. The van der Waals surface area contributed by atoms with Crippen LogP contribution < -0.4 is 10.5 Å². The Kier molecular flexibility index (Phi) is 4.47. The number of carbonyl (C=O) groups is 1. The highest BCUT2D eigenvalue weighted by Crippen LogP contribution is 2.13. The van der Waals surface area contributed by atoms with Crippen molar-refractivity contribution < 1.29 is 14.3 Å². The molecule has 0 saturated carbocycles. The van der Waals surface area contributed by atoms with E-state index < -0.39 is 0 Å². The van der Waals surface area contributed by atoms with Crippen molar-refractivity contribution in [1.82, 2.24) is 0 Å². The maximum absolute atomic E-state index is 10.8. The van der Waals surface area contributed by atoms with E-state index in [1.807, 2.05) is 0 Å². The highest BCUT2D eigenvalue weighted by atomic mass is 16.5. The van der Waals surface area contributed by atoms with Gasteiger partial charge in [0.2, 0.25) is 0 Å². The van der Waals surface area contributed by atoms with Crippen LogP contribution in [0, 0.1) is 0 Å². The van der Waals surface area contributed by atoms with Crippen LogP contribution in [0.15, 0.2) is 24.3 Å². The van der Waals surface area contributed by atoms with Gasteiger partial charge in [-0.05, 0) is 30.7 Å². The molecular weight excluding hydrogens is 194 g/mol. The first-order valence-electron chi connectivity index (χ1n) is 4.77. The lowest BCUT2D eigenvalue weighted by Crippen LogP contribution is -2.04. The number of hydrogen-bond donors (Lipinski definition) is 1. The van der Waals surface area contributed by atoms with E-state index in [2.05, 4.69) is 4.74 Å². The Balaban J connectivity index is 2.20. The molecule has 0 heterocycles. The summed E-state index contributed by atoms with van der Waals surface area (Å²) in [5.41, 5.74) is 6.23. The molecular formula is C11H15NO3. The maximum Gasteiger partial charge on any atom is 0.305 e. The van der Waals surface area contributed by atoms with Crippen molar-refractivity contribution in [2.75, 3.05) is 19.5 Å². The first-order valence-corrected chi connectivity index (χ1v) is 4.77. The van der Waals surface area contributed by atoms with E-state index >= 15 is 0 Å². The topological polar surface area (TPSA) is 61.5 Å². The Hall–Kier alpha value is -1.71. The van der Waals surface area contributed by atoms with Crippen LogP contribution in [0.3, 0.4) is 0 Å². The lowest BCUT2D eigenvalue weighted by molar-refractivity contribution is -0.140. The number of esters is 1. The van der Waals surface area contributed by atoms with Gasteiger partial charge in [-0.15, -0.1) is 0 Å². The van der Waals surface area contributed by atoms with E-state index in [0.717, 1.165) is 5.75 Å². The lowest BCUT2D eigenvalue weighted by atomic mass is 10.3. The summed E-state index contributed by atoms with van der Waals surface area (Å²) >= 11 is 0. The van der Waals surface area contributed by atoms with Crippen LogP contribution in [0.4, 0.5) is 5.69 Å². The van der Waals surface area contributed by atoms with Crippen LogP contribution in [-0.2, 0) is 9.53 Å². The number of hydrogen-bond acceptors (Lipinski definition) is 4. The predicted molar refractivity (Wildman–Crippen MR) is 57.6 cm³/mol. The van der Waals surface area contributed by atoms with Gasteiger partial charge in [0.15, 0.2) is 0 Å². The van der Waals surface area contributed by atoms with E-state index in [9.17, 15) is 4.79 Å². The molecule has 0 bridgehead atoms. The number of rotatable bonds is 5. The molecule has 1 aromatic rings. The third kappa shape index (κ3) is 4.35. The molecule has 0 radical (unpaired) electrons. The maximum atomic E-state index is 10.8. The smallest absolute Gasteiger partial charge is 0.305 e. The molecule has 0 aromatic heterocycles. The fraction of sp³-hybridized carbons (Fsp3) is 0.364. The quantitative estimate of drug-likeness (QED) is 0.454. The van der Waals surface area contributed by atoms with E-state index in [0.29, 0.717) is 25.1 Å². The second-order valence-corrected chi connectivity index (χ2v) is 3.10. The number of anilines is 1. The van der Waals surface area contributed by atoms with Crippen LogP contribution in [0.2, 0.25) is 0 Å². The molecule has 0 unspecified atom stereocenters. The standard InChI is InChI=1S/C11H15NO3/c1-14-11(13)3-2-8-15-10-6-4-9(12)5-7-10/h4-7H,2-3,8,12H2,1H3. The summed E-state index contributed by atoms with van der Waals surface area (Å²) in [6.07, 6.45) is 1.03. The fourth-order valence-electron chi connectivity index (χ4n) is 1.07. The summed E-state index contributed by atoms with van der Waals surface area (Å²) in [4.78, 5) is 10.8. The first-order chi connectivity index (χ1) is 7.22. The fourth-order valence-corrected chi connectivity index (χ4v) is 1.07. The monoisotopic (exact) mass is 209 g/mol. The van der Waals surface area contributed by atoms with Gasteiger partial charge in [-0.25, -0.2) is 0 Å². The number of ether oxygens (including phenoxy) is 2. The molecule has 0 aliphatic carbocycles. The molecule has 15 heavy (non-hydrogen) atoms. The van der Waals surface area contributed by atoms with Gasteiger partial charge in [0.25, 0.3) is 0 Å². The van der Waals surface area contributed by atoms with Crippen LogP contribution in [0.25, 0.3) is 0 Å². The molecule has 0 aliphatic rings. The van der Waals surface area contributed by atoms with Crippen molar-refractivity contribution in [3.8, 4) is 5.75 Å². The molecule has 0 aliphatic heterocycles. The largest absolute Gasteiger partial charge is 0.494 e. The van der Waals surface area contributed by atoms with Crippen molar-refractivity contribution in [3.63, 3.8) is 0 Å². The highest BCUT2D eigenvalue weighted by molar-refractivity contribution is 5.69. The first kappa shape index (κ1) is 11.4. The van der Waals surface area contributed by atoms with Crippen LogP contribution in [0.1, 0.15) is 12.8 Å². The minimum absolute atomic E-state index is 0.212. The summed E-state index contributed by atoms with van der Waals surface area (Å²) in [6, 6.07) is 7.15. The van der Waals surface area contributed by atoms with Gasteiger partial charge in [0, 0.05) is 12.1 Å². The normalized spacial score (nSPS) is 9.67. The van der Waals surface area contributed by atoms with Crippen molar-refractivity contribution >= 4 is 11.7 Å². The summed E-state index contributed by atoms with van der Waals surface area (Å²) in [7, 11) is 1.38. The second-order valence-electron chi connectivity index (χ2n) is 3.10. The summed E-state index contributed by atoms with van der Waals surface area (Å²) in [5.74, 6) is 0.546. The molecule has 0 fully saturated rings.